The average molecular weight is 375 g/mol. The summed E-state index contributed by atoms with van der Waals surface area (Å²) in [5.41, 5.74) is 3.12. The Morgan fingerprint density at radius 3 is 2.29 bits per heavy atom. The fraction of sp³-hybridized carbons (Fsp3) is 0.318. The Kier molecular flexibility index (Phi) is 5.89. The largest absolute Gasteiger partial charge is 0.379 e. The number of morpholine rings is 1. The number of anilines is 1. The maximum Gasteiger partial charge on any atom is 0.187 e. The van der Waals surface area contributed by atoms with Crippen molar-refractivity contribution in [3.63, 3.8) is 0 Å². The number of benzene rings is 2. The molecule has 1 aliphatic heterocycles. The van der Waals surface area contributed by atoms with Crippen molar-refractivity contribution in [2.45, 2.75) is 13.3 Å². The van der Waals surface area contributed by atoms with Gasteiger partial charge in [0.1, 0.15) is 0 Å². The lowest BCUT2D eigenvalue weighted by atomic mass is 10.1. The number of nitrogens with zero attached hydrogens (tertiary/aromatic N) is 5. The Morgan fingerprint density at radius 2 is 1.61 bits per heavy atom. The van der Waals surface area contributed by atoms with Crippen LogP contribution >= 0.6 is 0 Å². The molecular formula is C22H25N5O. The van der Waals surface area contributed by atoms with Crippen LogP contribution in [-0.4, -0.2) is 53.0 Å². The van der Waals surface area contributed by atoms with Crippen molar-refractivity contribution in [3.05, 3.63) is 71.9 Å². The first-order valence-electron chi connectivity index (χ1n) is 9.78. The second-order valence-corrected chi connectivity index (χ2v) is 6.72. The minimum absolute atomic E-state index is 0.660. The third-order valence-corrected chi connectivity index (χ3v) is 4.86. The van der Waals surface area contributed by atoms with E-state index >= 15 is 0 Å². The first-order chi connectivity index (χ1) is 13.8. The van der Waals surface area contributed by atoms with Crippen molar-refractivity contribution in [1.82, 2.24) is 20.2 Å². The molecule has 1 aromatic heterocycles. The van der Waals surface area contributed by atoms with Crippen LogP contribution in [0.5, 0.6) is 0 Å². The van der Waals surface area contributed by atoms with Crippen LogP contribution in [0.2, 0.25) is 0 Å². The maximum atomic E-state index is 5.51. The highest BCUT2D eigenvalue weighted by Crippen LogP contribution is 2.24. The number of ether oxygens (including phenoxy) is 1. The van der Waals surface area contributed by atoms with E-state index in [1.165, 1.54) is 5.56 Å². The number of hydrogen-bond donors (Lipinski definition) is 0. The van der Waals surface area contributed by atoms with E-state index in [9.17, 15) is 0 Å². The summed E-state index contributed by atoms with van der Waals surface area (Å²) >= 11 is 0. The molecule has 6 heteroatoms. The predicted molar refractivity (Wildman–Crippen MR) is 110 cm³/mol. The lowest BCUT2D eigenvalue weighted by Crippen LogP contribution is -2.49. The second kappa shape index (κ2) is 8.91. The first kappa shape index (κ1) is 18.5. The molecule has 2 aromatic carbocycles. The molecule has 1 fully saturated rings. The van der Waals surface area contributed by atoms with Crippen molar-refractivity contribution in [2.75, 3.05) is 37.9 Å². The summed E-state index contributed by atoms with van der Waals surface area (Å²) in [6.45, 7) is 6.10. The van der Waals surface area contributed by atoms with Gasteiger partial charge in [-0.15, -0.1) is 10.2 Å². The molecule has 144 valence electrons. The minimum Gasteiger partial charge on any atom is -0.379 e. The third kappa shape index (κ3) is 4.18. The minimum atomic E-state index is 0.660. The van der Waals surface area contributed by atoms with Crippen LogP contribution in [-0.2, 0) is 11.2 Å². The van der Waals surface area contributed by atoms with E-state index in [1.54, 1.807) is 0 Å². The molecule has 4 rings (SSSR count). The lowest BCUT2D eigenvalue weighted by molar-refractivity contribution is 0.0316. The standard InChI is InChI=1S/C22H25N5O/c1-2-27(26-13-15-28-16-14-26)22-20(17-18-9-5-3-6-10-18)23-21(24-25-22)19-11-7-4-8-12-19/h3-12H,2,13-17H2,1H3. The zero-order valence-electron chi connectivity index (χ0n) is 16.2. The molecule has 0 saturated carbocycles. The normalized spacial score (nSPS) is 14.8. The van der Waals surface area contributed by atoms with Gasteiger partial charge in [0.15, 0.2) is 11.6 Å². The fourth-order valence-corrected chi connectivity index (χ4v) is 3.45. The van der Waals surface area contributed by atoms with Crippen molar-refractivity contribution < 1.29 is 4.74 Å². The van der Waals surface area contributed by atoms with E-state index in [1.807, 2.05) is 36.4 Å². The van der Waals surface area contributed by atoms with Crippen LogP contribution in [0.4, 0.5) is 5.82 Å². The van der Waals surface area contributed by atoms with E-state index < -0.39 is 0 Å². The van der Waals surface area contributed by atoms with Gasteiger partial charge < -0.3 is 4.74 Å². The zero-order chi connectivity index (χ0) is 19.2. The molecule has 0 N–H and O–H groups in total. The van der Waals surface area contributed by atoms with Crippen LogP contribution in [0.25, 0.3) is 11.4 Å². The molecule has 0 unspecified atom stereocenters. The molecule has 0 atom stereocenters. The molecule has 1 aliphatic rings. The van der Waals surface area contributed by atoms with Gasteiger partial charge >= 0.3 is 0 Å². The van der Waals surface area contributed by atoms with E-state index in [0.717, 1.165) is 49.9 Å². The SMILES string of the molecule is CCN(c1nnc(-c2ccccc2)nc1Cc1ccccc1)N1CCOCC1. The van der Waals surface area contributed by atoms with E-state index in [-0.39, 0.29) is 0 Å². The Bertz CT molecular complexity index is 882. The van der Waals surface area contributed by atoms with Crippen molar-refractivity contribution in [2.24, 2.45) is 0 Å². The molecule has 1 saturated heterocycles. The highest BCUT2D eigenvalue weighted by molar-refractivity contribution is 5.56. The van der Waals surface area contributed by atoms with Crippen molar-refractivity contribution in [1.29, 1.82) is 0 Å². The summed E-state index contributed by atoms with van der Waals surface area (Å²) in [6, 6.07) is 20.4. The molecule has 6 nitrogen and oxygen atoms in total. The van der Waals surface area contributed by atoms with Crippen molar-refractivity contribution >= 4 is 5.82 Å². The van der Waals surface area contributed by atoms with Crippen LogP contribution in [0.1, 0.15) is 18.2 Å². The van der Waals surface area contributed by atoms with Gasteiger partial charge in [-0.25, -0.2) is 9.99 Å². The topological polar surface area (TPSA) is 54.4 Å². The summed E-state index contributed by atoms with van der Waals surface area (Å²) in [5.74, 6) is 1.49. The van der Waals surface area contributed by atoms with Crippen molar-refractivity contribution in [3.8, 4) is 11.4 Å². The van der Waals surface area contributed by atoms with Gasteiger partial charge in [-0.05, 0) is 12.5 Å². The zero-order valence-corrected chi connectivity index (χ0v) is 16.2. The van der Waals surface area contributed by atoms with Crippen LogP contribution in [0.15, 0.2) is 60.7 Å². The Balaban J connectivity index is 1.73. The molecular weight excluding hydrogens is 350 g/mol. The molecule has 0 amide bonds. The van der Waals surface area contributed by atoms with Crippen LogP contribution in [0.3, 0.4) is 0 Å². The molecule has 3 aromatic rings. The van der Waals surface area contributed by atoms with Gasteiger partial charge in [-0.1, -0.05) is 60.7 Å². The van der Waals surface area contributed by atoms with Gasteiger partial charge in [0, 0.05) is 31.6 Å². The Labute approximate surface area is 165 Å². The molecule has 0 bridgehead atoms. The Hall–Kier alpha value is -2.83. The molecule has 0 aliphatic carbocycles. The predicted octanol–water partition coefficient (Wildman–Crippen LogP) is 3.20. The number of aromatic nitrogens is 3. The van der Waals surface area contributed by atoms with Crippen LogP contribution in [0, 0.1) is 0 Å². The van der Waals surface area contributed by atoms with E-state index in [2.05, 4.69) is 51.4 Å². The summed E-state index contributed by atoms with van der Waals surface area (Å²) in [6.07, 6.45) is 0.715. The highest BCUT2D eigenvalue weighted by Gasteiger charge is 2.23. The highest BCUT2D eigenvalue weighted by atomic mass is 16.5. The number of rotatable bonds is 6. The fourth-order valence-electron chi connectivity index (χ4n) is 3.45. The summed E-state index contributed by atoms with van der Waals surface area (Å²) < 4.78 is 5.51. The average Bonchev–Trinajstić information content (AvgIpc) is 2.77. The van der Waals surface area contributed by atoms with Gasteiger partial charge in [-0.3, -0.25) is 5.01 Å². The van der Waals surface area contributed by atoms with E-state index in [0.29, 0.717) is 12.2 Å². The lowest BCUT2D eigenvalue weighted by Gasteiger charge is -2.37. The van der Waals surface area contributed by atoms with Gasteiger partial charge in [0.2, 0.25) is 0 Å². The van der Waals surface area contributed by atoms with E-state index in [4.69, 9.17) is 9.72 Å². The molecule has 28 heavy (non-hydrogen) atoms. The number of hydrazine groups is 1. The van der Waals surface area contributed by atoms with Gasteiger partial charge in [-0.2, -0.15) is 0 Å². The quantitative estimate of drug-likeness (QED) is 0.659. The summed E-state index contributed by atoms with van der Waals surface area (Å²) in [7, 11) is 0. The van der Waals surface area contributed by atoms with Gasteiger partial charge in [0.05, 0.1) is 18.9 Å². The smallest absolute Gasteiger partial charge is 0.187 e. The second-order valence-electron chi connectivity index (χ2n) is 6.72. The maximum absolute atomic E-state index is 5.51. The Morgan fingerprint density at radius 1 is 0.929 bits per heavy atom. The van der Waals surface area contributed by atoms with Gasteiger partial charge in [0.25, 0.3) is 0 Å². The molecule has 2 heterocycles. The summed E-state index contributed by atoms with van der Waals surface area (Å²) in [5, 5.41) is 13.6. The first-order valence-corrected chi connectivity index (χ1v) is 9.78. The molecule has 0 spiro atoms. The summed E-state index contributed by atoms with van der Waals surface area (Å²) in [4.78, 5) is 4.93. The number of hydrogen-bond acceptors (Lipinski definition) is 6. The monoisotopic (exact) mass is 375 g/mol. The third-order valence-electron chi connectivity index (χ3n) is 4.86. The van der Waals surface area contributed by atoms with Crippen LogP contribution < -0.4 is 5.01 Å². The molecule has 0 radical (unpaired) electrons.